The zero-order chi connectivity index (χ0) is 12.3. The number of imidazole rings is 1. The van der Waals surface area contributed by atoms with E-state index in [-0.39, 0.29) is 11.8 Å². The van der Waals surface area contributed by atoms with Crippen LogP contribution in [0.4, 0.5) is 0 Å². The molecule has 96 valence electrons. The number of nitrogens with one attached hydrogen (secondary N) is 1. The summed E-state index contributed by atoms with van der Waals surface area (Å²) in [5.41, 5.74) is 1.12. The maximum absolute atomic E-state index is 11.3. The molecule has 0 aliphatic carbocycles. The summed E-state index contributed by atoms with van der Waals surface area (Å²) in [4.78, 5) is 4.12. The van der Waals surface area contributed by atoms with E-state index in [9.17, 15) is 8.42 Å². The molecule has 0 bridgehead atoms. The number of hydrogen-bond acceptors (Lipinski definition) is 4. The fraction of sp³-hybridized carbons (Fsp3) is 0.727. The van der Waals surface area contributed by atoms with Crippen molar-refractivity contribution >= 4 is 9.84 Å². The fourth-order valence-electron chi connectivity index (χ4n) is 2.14. The molecule has 5 nitrogen and oxygen atoms in total. The lowest BCUT2D eigenvalue weighted by Gasteiger charge is -2.12. The number of aromatic nitrogens is 2. The highest BCUT2D eigenvalue weighted by molar-refractivity contribution is 7.91. The second kappa shape index (κ2) is 5.18. The number of nitrogens with zero attached hydrogens (tertiary/aromatic N) is 2. The van der Waals surface area contributed by atoms with E-state index in [2.05, 4.69) is 21.8 Å². The normalized spacial score (nSPS) is 23.0. The van der Waals surface area contributed by atoms with Crippen LogP contribution in [0, 0.1) is 0 Å². The monoisotopic (exact) mass is 257 g/mol. The van der Waals surface area contributed by atoms with Gasteiger partial charge >= 0.3 is 0 Å². The van der Waals surface area contributed by atoms with Gasteiger partial charge in [-0.05, 0) is 12.8 Å². The largest absolute Gasteiger partial charge is 0.333 e. The molecule has 1 aliphatic heterocycles. The van der Waals surface area contributed by atoms with Crippen LogP contribution in [0.5, 0.6) is 0 Å². The fourth-order valence-corrected chi connectivity index (χ4v) is 3.85. The average Bonchev–Trinajstić information content (AvgIpc) is 2.83. The zero-order valence-electron chi connectivity index (χ0n) is 10.1. The third-order valence-electron chi connectivity index (χ3n) is 3.07. The zero-order valence-corrected chi connectivity index (χ0v) is 10.9. The van der Waals surface area contributed by atoms with E-state index in [1.165, 1.54) is 0 Å². The van der Waals surface area contributed by atoms with Crippen LogP contribution < -0.4 is 5.32 Å². The minimum absolute atomic E-state index is 0.102. The third kappa shape index (κ3) is 3.29. The second-order valence-corrected chi connectivity index (χ2v) is 6.79. The summed E-state index contributed by atoms with van der Waals surface area (Å²) in [7, 11) is -2.79. The topological polar surface area (TPSA) is 64.0 Å². The van der Waals surface area contributed by atoms with Gasteiger partial charge in [-0.3, -0.25) is 0 Å². The molecule has 17 heavy (non-hydrogen) atoms. The molecule has 1 aliphatic rings. The van der Waals surface area contributed by atoms with Crippen LogP contribution in [0.1, 0.15) is 25.5 Å². The van der Waals surface area contributed by atoms with Crippen LogP contribution in [-0.4, -0.2) is 35.5 Å². The summed E-state index contributed by atoms with van der Waals surface area (Å²) in [6, 6.07) is 0.102. The van der Waals surface area contributed by atoms with Gasteiger partial charge in [0.2, 0.25) is 0 Å². The van der Waals surface area contributed by atoms with Crippen LogP contribution >= 0.6 is 0 Å². The molecule has 1 saturated heterocycles. The molecule has 0 aromatic carbocycles. The van der Waals surface area contributed by atoms with Crippen molar-refractivity contribution in [2.24, 2.45) is 0 Å². The highest BCUT2D eigenvalue weighted by atomic mass is 32.2. The van der Waals surface area contributed by atoms with Crippen molar-refractivity contribution in [2.45, 2.75) is 38.9 Å². The molecule has 1 aromatic heterocycles. The Morgan fingerprint density at radius 2 is 2.41 bits per heavy atom. The van der Waals surface area contributed by atoms with Crippen molar-refractivity contribution in [1.82, 2.24) is 14.9 Å². The quantitative estimate of drug-likeness (QED) is 0.837. The lowest BCUT2D eigenvalue weighted by molar-refractivity contribution is 0.529. The molecular weight excluding hydrogens is 238 g/mol. The van der Waals surface area contributed by atoms with Crippen molar-refractivity contribution in [2.75, 3.05) is 11.5 Å². The summed E-state index contributed by atoms with van der Waals surface area (Å²) in [6.07, 6.45) is 5.46. The van der Waals surface area contributed by atoms with E-state index >= 15 is 0 Å². The van der Waals surface area contributed by atoms with Gasteiger partial charge in [0.1, 0.15) is 0 Å². The van der Waals surface area contributed by atoms with Crippen LogP contribution in [0.3, 0.4) is 0 Å². The molecule has 0 spiro atoms. The van der Waals surface area contributed by atoms with Crippen LogP contribution in [0.2, 0.25) is 0 Å². The lowest BCUT2D eigenvalue weighted by Crippen LogP contribution is -2.30. The Bertz CT molecular complexity index is 467. The Kier molecular flexibility index (Phi) is 3.83. The van der Waals surface area contributed by atoms with E-state index in [0.717, 1.165) is 25.1 Å². The molecule has 0 radical (unpaired) electrons. The standard InChI is InChI=1S/C11H19N3O2S/c1-2-4-14-9-12-6-11(14)7-13-10-3-5-17(15,16)8-10/h6,9-10,13H,2-5,7-8H2,1H3. The van der Waals surface area contributed by atoms with Crippen LogP contribution in [0.25, 0.3) is 0 Å². The molecule has 6 heteroatoms. The smallest absolute Gasteiger partial charge is 0.151 e. The Hall–Kier alpha value is -0.880. The second-order valence-electron chi connectivity index (χ2n) is 4.56. The Balaban J connectivity index is 1.88. The Morgan fingerprint density at radius 3 is 3.06 bits per heavy atom. The van der Waals surface area contributed by atoms with Gasteiger partial charge in [0.25, 0.3) is 0 Å². The maximum atomic E-state index is 11.3. The van der Waals surface area contributed by atoms with Gasteiger partial charge in [-0.25, -0.2) is 13.4 Å². The highest BCUT2D eigenvalue weighted by Gasteiger charge is 2.27. The Labute approximate surface area is 102 Å². The summed E-state index contributed by atoms with van der Waals surface area (Å²) in [6.45, 7) is 3.78. The van der Waals surface area contributed by atoms with Gasteiger partial charge in [-0.15, -0.1) is 0 Å². The van der Waals surface area contributed by atoms with E-state index in [0.29, 0.717) is 12.3 Å². The first-order chi connectivity index (χ1) is 8.11. The summed E-state index contributed by atoms with van der Waals surface area (Å²) < 4.78 is 24.7. The molecule has 1 N–H and O–H groups in total. The molecule has 2 rings (SSSR count). The minimum Gasteiger partial charge on any atom is -0.333 e. The molecule has 0 amide bonds. The first kappa shape index (κ1) is 12.6. The van der Waals surface area contributed by atoms with Crippen molar-refractivity contribution in [3.05, 3.63) is 18.2 Å². The van der Waals surface area contributed by atoms with Gasteiger partial charge in [0, 0.05) is 25.3 Å². The first-order valence-electron chi connectivity index (χ1n) is 6.03. The molecule has 1 unspecified atom stereocenters. The Morgan fingerprint density at radius 1 is 1.59 bits per heavy atom. The number of sulfone groups is 1. The van der Waals surface area contributed by atoms with E-state index in [1.54, 1.807) is 0 Å². The van der Waals surface area contributed by atoms with Gasteiger partial charge < -0.3 is 9.88 Å². The highest BCUT2D eigenvalue weighted by Crippen LogP contribution is 2.12. The maximum Gasteiger partial charge on any atom is 0.151 e. The first-order valence-corrected chi connectivity index (χ1v) is 7.85. The van der Waals surface area contributed by atoms with E-state index in [4.69, 9.17) is 0 Å². The molecular formula is C11H19N3O2S. The lowest BCUT2D eigenvalue weighted by atomic mass is 10.2. The van der Waals surface area contributed by atoms with Crippen LogP contribution in [-0.2, 0) is 22.9 Å². The van der Waals surface area contributed by atoms with Gasteiger partial charge in [0.05, 0.1) is 23.5 Å². The summed E-state index contributed by atoms with van der Waals surface area (Å²) in [5.74, 6) is 0.591. The molecule has 1 atom stereocenters. The SMILES string of the molecule is CCCn1cncc1CNC1CCS(=O)(=O)C1. The van der Waals surface area contributed by atoms with E-state index in [1.807, 2.05) is 12.5 Å². The minimum atomic E-state index is -2.79. The third-order valence-corrected chi connectivity index (χ3v) is 4.84. The summed E-state index contributed by atoms with van der Waals surface area (Å²) in [5, 5.41) is 3.30. The van der Waals surface area contributed by atoms with Gasteiger partial charge in [-0.1, -0.05) is 6.92 Å². The van der Waals surface area contributed by atoms with Crippen molar-refractivity contribution in [3.63, 3.8) is 0 Å². The van der Waals surface area contributed by atoms with Crippen molar-refractivity contribution in [3.8, 4) is 0 Å². The van der Waals surface area contributed by atoms with Crippen molar-refractivity contribution in [1.29, 1.82) is 0 Å². The van der Waals surface area contributed by atoms with Crippen molar-refractivity contribution < 1.29 is 8.42 Å². The van der Waals surface area contributed by atoms with E-state index < -0.39 is 9.84 Å². The number of aryl methyl sites for hydroxylation is 1. The molecule has 2 heterocycles. The van der Waals surface area contributed by atoms with Crippen LogP contribution in [0.15, 0.2) is 12.5 Å². The molecule has 1 aromatic rings. The number of hydrogen-bond donors (Lipinski definition) is 1. The van der Waals surface area contributed by atoms with Gasteiger partial charge in [-0.2, -0.15) is 0 Å². The average molecular weight is 257 g/mol. The molecule has 0 saturated carbocycles. The van der Waals surface area contributed by atoms with Gasteiger partial charge in [0.15, 0.2) is 9.84 Å². The number of rotatable bonds is 5. The summed E-state index contributed by atoms with van der Waals surface area (Å²) >= 11 is 0. The predicted molar refractivity (Wildman–Crippen MR) is 66.4 cm³/mol. The molecule has 1 fully saturated rings. The predicted octanol–water partition coefficient (Wildman–Crippen LogP) is 0.570.